The molecule has 1 saturated carbocycles. The van der Waals surface area contributed by atoms with Gasteiger partial charge in [-0.25, -0.2) is 0 Å². The summed E-state index contributed by atoms with van der Waals surface area (Å²) in [5, 5.41) is 0. The summed E-state index contributed by atoms with van der Waals surface area (Å²) in [6, 6.07) is 0.997. The lowest BCUT2D eigenvalue weighted by Crippen LogP contribution is -2.53. The normalized spacial score (nSPS) is 40.0. The van der Waals surface area contributed by atoms with Gasteiger partial charge in [0.05, 0.1) is 12.7 Å². The first-order valence-electron chi connectivity index (χ1n) is 6.38. The van der Waals surface area contributed by atoms with Crippen molar-refractivity contribution in [2.75, 3.05) is 19.7 Å². The standard InChI is InChI=1S/C12H24N2O/c1-10-9-14(7-8-15-10)12-6-4-2-3-5-11(12)13/h10-12H,2-9,13H2,1H3. The lowest BCUT2D eigenvalue weighted by molar-refractivity contribution is -0.0387. The Balaban J connectivity index is 1.94. The van der Waals surface area contributed by atoms with E-state index in [0.29, 0.717) is 18.2 Å². The van der Waals surface area contributed by atoms with Crippen LogP contribution < -0.4 is 5.73 Å². The number of hydrogen-bond donors (Lipinski definition) is 1. The van der Waals surface area contributed by atoms with Crippen LogP contribution in [0.1, 0.15) is 39.0 Å². The first-order valence-corrected chi connectivity index (χ1v) is 6.38. The van der Waals surface area contributed by atoms with Gasteiger partial charge in [-0.3, -0.25) is 4.90 Å². The van der Waals surface area contributed by atoms with Crippen LogP contribution in [0.15, 0.2) is 0 Å². The van der Waals surface area contributed by atoms with Gasteiger partial charge in [-0.15, -0.1) is 0 Å². The minimum absolute atomic E-state index is 0.384. The Morgan fingerprint density at radius 3 is 2.80 bits per heavy atom. The molecule has 1 saturated heterocycles. The summed E-state index contributed by atoms with van der Waals surface area (Å²) in [4.78, 5) is 2.56. The molecule has 2 N–H and O–H groups in total. The quantitative estimate of drug-likeness (QED) is 0.667. The van der Waals surface area contributed by atoms with E-state index in [1.54, 1.807) is 0 Å². The second-order valence-corrected chi connectivity index (χ2v) is 5.05. The highest BCUT2D eigenvalue weighted by atomic mass is 16.5. The molecule has 0 aromatic rings. The number of nitrogens with zero attached hydrogens (tertiary/aromatic N) is 1. The third-order valence-electron chi connectivity index (χ3n) is 3.77. The van der Waals surface area contributed by atoms with E-state index in [4.69, 9.17) is 10.5 Å². The Kier molecular flexibility index (Phi) is 4.00. The van der Waals surface area contributed by atoms with Crippen molar-refractivity contribution < 1.29 is 4.74 Å². The molecule has 0 aromatic heterocycles. The average Bonchev–Trinajstić information content (AvgIpc) is 2.43. The van der Waals surface area contributed by atoms with Crippen molar-refractivity contribution in [3.8, 4) is 0 Å². The zero-order valence-electron chi connectivity index (χ0n) is 9.82. The molecular weight excluding hydrogens is 188 g/mol. The summed E-state index contributed by atoms with van der Waals surface area (Å²) in [7, 11) is 0. The van der Waals surface area contributed by atoms with Gasteiger partial charge in [0.25, 0.3) is 0 Å². The molecule has 88 valence electrons. The fraction of sp³-hybridized carbons (Fsp3) is 1.00. The van der Waals surface area contributed by atoms with Gasteiger partial charge >= 0.3 is 0 Å². The Bertz CT molecular complexity index is 198. The highest BCUT2D eigenvalue weighted by Crippen LogP contribution is 2.22. The van der Waals surface area contributed by atoms with Gasteiger partial charge in [0.15, 0.2) is 0 Å². The molecule has 1 heterocycles. The molecule has 3 unspecified atom stereocenters. The highest BCUT2D eigenvalue weighted by Gasteiger charge is 2.29. The highest BCUT2D eigenvalue weighted by molar-refractivity contribution is 4.86. The van der Waals surface area contributed by atoms with Crippen LogP contribution in [-0.2, 0) is 4.74 Å². The number of hydrogen-bond acceptors (Lipinski definition) is 3. The third-order valence-corrected chi connectivity index (χ3v) is 3.77. The van der Waals surface area contributed by atoms with Crippen LogP contribution in [0, 0.1) is 0 Å². The summed E-state index contributed by atoms with van der Waals surface area (Å²) in [5.74, 6) is 0. The van der Waals surface area contributed by atoms with Gasteiger partial charge < -0.3 is 10.5 Å². The van der Waals surface area contributed by atoms with Crippen molar-refractivity contribution in [2.45, 2.75) is 57.2 Å². The molecule has 2 rings (SSSR count). The largest absolute Gasteiger partial charge is 0.376 e. The van der Waals surface area contributed by atoms with Gasteiger partial charge in [0.1, 0.15) is 0 Å². The van der Waals surface area contributed by atoms with E-state index in [0.717, 1.165) is 19.7 Å². The lowest BCUT2D eigenvalue weighted by Gasteiger charge is -2.39. The Hall–Kier alpha value is -0.120. The summed E-state index contributed by atoms with van der Waals surface area (Å²) < 4.78 is 5.58. The second-order valence-electron chi connectivity index (χ2n) is 5.05. The molecule has 1 aliphatic carbocycles. The maximum absolute atomic E-state index is 6.27. The smallest absolute Gasteiger partial charge is 0.0674 e. The van der Waals surface area contributed by atoms with Crippen molar-refractivity contribution in [1.29, 1.82) is 0 Å². The molecular formula is C12H24N2O. The third kappa shape index (κ3) is 2.92. The SMILES string of the molecule is CC1CN(C2CCCCCC2N)CCO1. The maximum Gasteiger partial charge on any atom is 0.0674 e. The molecule has 3 atom stereocenters. The van der Waals surface area contributed by atoms with Crippen LogP contribution in [0.5, 0.6) is 0 Å². The molecule has 0 bridgehead atoms. The van der Waals surface area contributed by atoms with Crippen molar-refractivity contribution in [3.05, 3.63) is 0 Å². The Morgan fingerprint density at radius 1 is 1.20 bits per heavy atom. The van der Waals surface area contributed by atoms with E-state index in [1.807, 2.05) is 0 Å². The van der Waals surface area contributed by atoms with Gasteiger partial charge in [-0.05, 0) is 19.8 Å². The second kappa shape index (κ2) is 5.28. The average molecular weight is 212 g/mol. The van der Waals surface area contributed by atoms with Crippen molar-refractivity contribution in [1.82, 2.24) is 4.90 Å². The predicted molar refractivity (Wildman–Crippen MR) is 61.8 cm³/mol. The molecule has 0 aromatic carbocycles. The predicted octanol–water partition coefficient (Wildman–Crippen LogP) is 1.37. The molecule has 0 spiro atoms. The summed E-state index contributed by atoms with van der Waals surface area (Å²) in [6.07, 6.45) is 6.91. The van der Waals surface area contributed by atoms with Crippen molar-refractivity contribution in [2.24, 2.45) is 5.73 Å². The van der Waals surface area contributed by atoms with E-state index in [2.05, 4.69) is 11.8 Å². The number of ether oxygens (including phenoxy) is 1. The van der Waals surface area contributed by atoms with Crippen LogP contribution in [0.2, 0.25) is 0 Å². The van der Waals surface area contributed by atoms with Crippen molar-refractivity contribution >= 4 is 0 Å². The Morgan fingerprint density at radius 2 is 2.00 bits per heavy atom. The molecule has 3 heteroatoms. The molecule has 2 aliphatic rings. The van der Waals surface area contributed by atoms with Gasteiger partial charge in [-0.2, -0.15) is 0 Å². The van der Waals surface area contributed by atoms with E-state index in [-0.39, 0.29) is 0 Å². The monoisotopic (exact) mass is 212 g/mol. The molecule has 15 heavy (non-hydrogen) atoms. The van der Waals surface area contributed by atoms with Gasteiger partial charge in [0.2, 0.25) is 0 Å². The van der Waals surface area contributed by atoms with Crippen LogP contribution >= 0.6 is 0 Å². The van der Waals surface area contributed by atoms with E-state index in [1.165, 1.54) is 32.1 Å². The molecule has 2 fully saturated rings. The fourth-order valence-electron chi connectivity index (χ4n) is 2.92. The topological polar surface area (TPSA) is 38.5 Å². The van der Waals surface area contributed by atoms with E-state index < -0.39 is 0 Å². The molecule has 0 amide bonds. The van der Waals surface area contributed by atoms with E-state index >= 15 is 0 Å². The summed E-state index contributed by atoms with van der Waals surface area (Å²) >= 11 is 0. The lowest BCUT2D eigenvalue weighted by atomic mass is 10.0. The minimum Gasteiger partial charge on any atom is -0.376 e. The van der Waals surface area contributed by atoms with Crippen LogP contribution in [0.25, 0.3) is 0 Å². The van der Waals surface area contributed by atoms with Crippen molar-refractivity contribution in [3.63, 3.8) is 0 Å². The first kappa shape index (κ1) is 11.4. The molecule has 3 nitrogen and oxygen atoms in total. The minimum atomic E-state index is 0.384. The number of morpholine rings is 1. The zero-order valence-corrected chi connectivity index (χ0v) is 9.82. The van der Waals surface area contributed by atoms with Crippen LogP contribution in [-0.4, -0.2) is 42.8 Å². The Labute approximate surface area is 93.0 Å². The molecule has 1 aliphatic heterocycles. The van der Waals surface area contributed by atoms with E-state index in [9.17, 15) is 0 Å². The zero-order chi connectivity index (χ0) is 10.7. The number of rotatable bonds is 1. The summed E-state index contributed by atoms with van der Waals surface area (Å²) in [6.45, 7) is 5.18. The fourth-order valence-corrected chi connectivity index (χ4v) is 2.92. The van der Waals surface area contributed by atoms with Crippen LogP contribution in [0.4, 0.5) is 0 Å². The number of nitrogens with two attached hydrogens (primary N) is 1. The maximum atomic E-state index is 6.27. The molecule has 0 radical (unpaired) electrons. The van der Waals surface area contributed by atoms with Gasteiger partial charge in [-0.1, -0.05) is 19.3 Å². The first-order chi connectivity index (χ1) is 7.27. The van der Waals surface area contributed by atoms with Gasteiger partial charge in [0, 0.05) is 25.2 Å². The van der Waals surface area contributed by atoms with Crippen LogP contribution in [0.3, 0.4) is 0 Å². The summed E-state index contributed by atoms with van der Waals surface area (Å²) in [5.41, 5.74) is 6.27.